The fourth-order valence-corrected chi connectivity index (χ4v) is 3.67. The Morgan fingerprint density at radius 2 is 2.05 bits per heavy atom. The maximum absolute atomic E-state index is 12.9. The lowest BCUT2D eigenvalue weighted by molar-refractivity contribution is 0.0732. The first kappa shape index (κ1) is 13.4. The lowest BCUT2D eigenvalue weighted by Gasteiger charge is -2.24. The van der Waals surface area contributed by atoms with E-state index in [9.17, 15) is 4.79 Å². The van der Waals surface area contributed by atoms with E-state index in [4.69, 9.17) is 0 Å². The van der Waals surface area contributed by atoms with Gasteiger partial charge >= 0.3 is 0 Å². The highest BCUT2D eigenvalue weighted by Gasteiger charge is 2.31. The molecule has 112 valence electrons. The number of aryl methyl sites for hydroxylation is 2. The molecule has 0 saturated carbocycles. The van der Waals surface area contributed by atoms with Crippen molar-refractivity contribution in [1.29, 1.82) is 0 Å². The number of carbonyl (C=O) groups is 1. The zero-order valence-corrected chi connectivity index (χ0v) is 12.5. The van der Waals surface area contributed by atoms with Crippen LogP contribution >= 0.6 is 0 Å². The normalized spacial score (nSPS) is 20.2. The Bertz CT molecular complexity index is 699. The first-order valence-electron chi connectivity index (χ1n) is 8.01. The van der Waals surface area contributed by atoms with Crippen molar-refractivity contribution in [3.05, 3.63) is 59.2 Å². The summed E-state index contributed by atoms with van der Waals surface area (Å²) in [7, 11) is 0. The van der Waals surface area contributed by atoms with Crippen LogP contribution in [0.4, 0.5) is 0 Å². The zero-order valence-electron chi connectivity index (χ0n) is 12.5. The largest absolute Gasteiger partial charge is 0.330 e. The molecule has 0 N–H and O–H groups in total. The Kier molecular flexibility index (Phi) is 3.37. The summed E-state index contributed by atoms with van der Waals surface area (Å²) in [6.07, 6.45) is 10.6. The van der Waals surface area contributed by atoms with Gasteiger partial charge in [0, 0.05) is 24.5 Å². The monoisotopic (exact) mass is 293 g/mol. The summed E-state index contributed by atoms with van der Waals surface area (Å²) in [5.74, 6) is 0.128. The molecule has 4 rings (SSSR count). The molecule has 0 bridgehead atoms. The molecule has 1 fully saturated rings. The van der Waals surface area contributed by atoms with Crippen LogP contribution in [0, 0.1) is 0 Å². The van der Waals surface area contributed by atoms with Gasteiger partial charge in [0.25, 0.3) is 5.91 Å². The number of amides is 1. The zero-order chi connectivity index (χ0) is 14.9. The lowest BCUT2D eigenvalue weighted by Crippen LogP contribution is -2.31. The van der Waals surface area contributed by atoms with E-state index in [0.717, 1.165) is 43.5 Å². The molecule has 1 unspecified atom stereocenters. The van der Waals surface area contributed by atoms with Crippen LogP contribution in [0.5, 0.6) is 0 Å². The van der Waals surface area contributed by atoms with Gasteiger partial charge in [0.2, 0.25) is 0 Å². The molecule has 1 amide bonds. The molecule has 1 aromatic carbocycles. The van der Waals surface area contributed by atoms with Crippen molar-refractivity contribution in [3.63, 3.8) is 0 Å². The summed E-state index contributed by atoms with van der Waals surface area (Å²) in [5, 5.41) is 0. The number of hydrogen-bond donors (Lipinski definition) is 0. The van der Waals surface area contributed by atoms with E-state index in [2.05, 4.69) is 22.1 Å². The fourth-order valence-electron chi connectivity index (χ4n) is 3.67. The van der Waals surface area contributed by atoms with E-state index >= 15 is 0 Å². The second-order valence-corrected chi connectivity index (χ2v) is 6.12. The Labute approximate surface area is 130 Å². The molecule has 1 atom stereocenters. The maximum Gasteiger partial charge on any atom is 0.254 e. The number of benzene rings is 1. The summed E-state index contributed by atoms with van der Waals surface area (Å²) in [5.41, 5.74) is 4.47. The molecule has 1 saturated heterocycles. The Morgan fingerprint density at radius 3 is 2.91 bits per heavy atom. The van der Waals surface area contributed by atoms with Crippen LogP contribution < -0.4 is 0 Å². The summed E-state index contributed by atoms with van der Waals surface area (Å²) in [6.45, 7) is 0.803. The van der Waals surface area contributed by atoms with Gasteiger partial charge in [0.15, 0.2) is 0 Å². The number of fused-ring (bicyclic) bond motifs is 1. The summed E-state index contributed by atoms with van der Waals surface area (Å²) in [4.78, 5) is 23.4. The highest BCUT2D eigenvalue weighted by molar-refractivity contribution is 5.95. The number of carbonyl (C=O) groups excluding carboxylic acids is 1. The number of nitrogens with zero attached hydrogens (tertiary/aromatic N) is 3. The maximum atomic E-state index is 12.9. The molecule has 2 aromatic rings. The molecule has 4 nitrogen and oxygen atoms in total. The second-order valence-electron chi connectivity index (χ2n) is 6.12. The number of rotatable bonds is 2. The fraction of sp³-hybridized carbons (Fsp3) is 0.389. The molecule has 4 heteroatoms. The van der Waals surface area contributed by atoms with Gasteiger partial charge in [-0.25, -0.2) is 0 Å². The predicted molar refractivity (Wildman–Crippen MR) is 83.5 cm³/mol. The van der Waals surface area contributed by atoms with E-state index in [1.165, 1.54) is 17.5 Å². The van der Waals surface area contributed by atoms with E-state index < -0.39 is 0 Å². The minimum atomic E-state index is 0.0643. The van der Waals surface area contributed by atoms with Crippen LogP contribution in [0.15, 0.2) is 36.8 Å². The lowest BCUT2D eigenvalue weighted by atomic mass is 10.0. The van der Waals surface area contributed by atoms with Crippen LogP contribution in [-0.2, 0) is 12.8 Å². The van der Waals surface area contributed by atoms with Crippen LogP contribution in [0.1, 0.15) is 52.5 Å². The van der Waals surface area contributed by atoms with Crippen molar-refractivity contribution in [2.75, 3.05) is 6.54 Å². The molecule has 1 aliphatic heterocycles. The van der Waals surface area contributed by atoms with Crippen molar-refractivity contribution in [2.24, 2.45) is 0 Å². The molecule has 2 aliphatic rings. The molecule has 1 aliphatic carbocycles. The summed E-state index contributed by atoms with van der Waals surface area (Å²) < 4.78 is 0. The highest BCUT2D eigenvalue weighted by atomic mass is 16.2. The Balaban J connectivity index is 1.62. The Hall–Kier alpha value is -2.23. The van der Waals surface area contributed by atoms with Crippen LogP contribution in [0.3, 0.4) is 0 Å². The van der Waals surface area contributed by atoms with Crippen LogP contribution in [-0.4, -0.2) is 27.3 Å². The topological polar surface area (TPSA) is 46.1 Å². The smallest absolute Gasteiger partial charge is 0.254 e. The number of likely N-dealkylation sites (tertiary alicyclic amines) is 1. The molecule has 0 spiro atoms. The van der Waals surface area contributed by atoms with Crippen molar-refractivity contribution in [2.45, 2.75) is 38.1 Å². The van der Waals surface area contributed by atoms with Crippen molar-refractivity contribution < 1.29 is 4.79 Å². The minimum Gasteiger partial charge on any atom is -0.330 e. The molecule has 0 radical (unpaired) electrons. The van der Waals surface area contributed by atoms with Gasteiger partial charge in [-0.2, -0.15) is 0 Å². The van der Waals surface area contributed by atoms with Crippen LogP contribution in [0.25, 0.3) is 0 Å². The molecular formula is C18H19N3O. The molecular weight excluding hydrogens is 274 g/mol. The van der Waals surface area contributed by atoms with Gasteiger partial charge in [-0.3, -0.25) is 14.8 Å². The standard InChI is InChI=1S/C18H19N3O/c22-18(15-7-6-13-3-1-4-14(13)11-15)21-10-2-5-17(21)16-12-19-8-9-20-16/h6-9,11-12,17H,1-5,10H2. The average Bonchev–Trinajstić information content (AvgIpc) is 3.23. The molecule has 2 heterocycles. The van der Waals surface area contributed by atoms with E-state index in [0.29, 0.717) is 0 Å². The molecule has 22 heavy (non-hydrogen) atoms. The predicted octanol–water partition coefficient (Wildman–Crippen LogP) is 2.94. The average molecular weight is 293 g/mol. The second kappa shape index (κ2) is 5.52. The third-order valence-electron chi connectivity index (χ3n) is 4.78. The Morgan fingerprint density at radius 1 is 1.14 bits per heavy atom. The third kappa shape index (κ3) is 2.28. The van der Waals surface area contributed by atoms with Gasteiger partial charge in [-0.1, -0.05) is 6.07 Å². The SMILES string of the molecule is O=C(c1ccc2c(c1)CCC2)N1CCCC1c1cnccn1. The van der Waals surface area contributed by atoms with Gasteiger partial charge in [0.1, 0.15) is 0 Å². The number of aromatic nitrogens is 2. The van der Waals surface area contributed by atoms with E-state index in [-0.39, 0.29) is 11.9 Å². The van der Waals surface area contributed by atoms with Gasteiger partial charge in [-0.05, 0) is 55.4 Å². The van der Waals surface area contributed by atoms with Crippen molar-refractivity contribution in [3.8, 4) is 0 Å². The quantitative estimate of drug-likeness (QED) is 0.855. The van der Waals surface area contributed by atoms with E-state index in [1.807, 2.05) is 11.0 Å². The van der Waals surface area contributed by atoms with Crippen LogP contribution in [0.2, 0.25) is 0 Å². The molecule has 1 aromatic heterocycles. The van der Waals surface area contributed by atoms with Crippen molar-refractivity contribution in [1.82, 2.24) is 14.9 Å². The number of hydrogen-bond acceptors (Lipinski definition) is 3. The third-order valence-corrected chi connectivity index (χ3v) is 4.78. The first-order chi connectivity index (χ1) is 10.8. The van der Waals surface area contributed by atoms with Gasteiger partial charge in [0.05, 0.1) is 17.9 Å². The van der Waals surface area contributed by atoms with E-state index in [1.54, 1.807) is 18.6 Å². The van der Waals surface area contributed by atoms with Gasteiger partial charge in [-0.15, -0.1) is 0 Å². The first-order valence-corrected chi connectivity index (χ1v) is 8.01. The van der Waals surface area contributed by atoms with Gasteiger partial charge < -0.3 is 4.90 Å². The summed E-state index contributed by atoms with van der Waals surface area (Å²) >= 11 is 0. The summed E-state index contributed by atoms with van der Waals surface area (Å²) in [6, 6.07) is 6.27. The highest BCUT2D eigenvalue weighted by Crippen LogP contribution is 2.32. The van der Waals surface area contributed by atoms with Crippen molar-refractivity contribution >= 4 is 5.91 Å². The minimum absolute atomic E-state index is 0.0643.